The van der Waals surface area contributed by atoms with Crippen LogP contribution in [0.15, 0.2) is 0 Å². The van der Waals surface area contributed by atoms with Gasteiger partial charge in [0.2, 0.25) is 0 Å². The summed E-state index contributed by atoms with van der Waals surface area (Å²) in [6, 6.07) is 0. The number of hydrogen-bond donors (Lipinski definition) is 1. The second-order valence-corrected chi connectivity index (χ2v) is 3.94. The van der Waals surface area contributed by atoms with Crippen LogP contribution in [0.4, 0.5) is 0 Å². The lowest BCUT2D eigenvalue weighted by atomic mass is 10.2. The van der Waals surface area contributed by atoms with Gasteiger partial charge >= 0.3 is 0 Å². The first kappa shape index (κ1) is 7.42. The summed E-state index contributed by atoms with van der Waals surface area (Å²) in [4.78, 5) is 0. The van der Waals surface area contributed by atoms with Crippen LogP contribution in [0.3, 0.4) is 0 Å². The van der Waals surface area contributed by atoms with Crippen LogP contribution in [-0.2, 0) is 0 Å². The van der Waals surface area contributed by atoms with E-state index < -0.39 is 0 Å². The summed E-state index contributed by atoms with van der Waals surface area (Å²) in [5.74, 6) is 1.40. The normalized spacial score (nSPS) is 27.0. The Labute approximate surface area is 61.6 Å². The summed E-state index contributed by atoms with van der Waals surface area (Å²) < 4.78 is 0. The Kier molecular flexibility index (Phi) is 3.44. The molecule has 1 atom stereocenters. The van der Waals surface area contributed by atoms with Crippen LogP contribution in [0.5, 0.6) is 0 Å². The largest absolute Gasteiger partial charge is 0.320 e. The van der Waals surface area contributed by atoms with Crippen molar-refractivity contribution in [2.75, 3.05) is 19.3 Å². The molecule has 0 aromatic rings. The summed E-state index contributed by atoms with van der Waals surface area (Å²) in [7, 11) is 2.03. The Bertz CT molecular complexity index is 69.3. The molecule has 0 bridgehead atoms. The van der Waals surface area contributed by atoms with Crippen molar-refractivity contribution in [1.29, 1.82) is 0 Å². The predicted octanol–water partition coefficient (Wildman–Crippen LogP) is 1.49. The van der Waals surface area contributed by atoms with E-state index in [-0.39, 0.29) is 0 Å². The molecule has 1 N–H and O–H groups in total. The SMILES string of the molecule is CNCCC1CCCS1. The van der Waals surface area contributed by atoms with Gasteiger partial charge in [0.25, 0.3) is 0 Å². The summed E-state index contributed by atoms with van der Waals surface area (Å²) in [5.41, 5.74) is 0. The van der Waals surface area contributed by atoms with Crippen LogP contribution in [0.1, 0.15) is 19.3 Å². The van der Waals surface area contributed by atoms with Crippen LogP contribution >= 0.6 is 11.8 Å². The molecule has 1 unspecified atom stereocenters. The molecule has 1 rings (SSSR count). The molecule has 0 aliphatic carbocycles. The van der Waals surface area contributed by atoms with Crippen LogP contribution in [-0.4, -0.2) is 24.6 Å². The molecule has 2 heteroatoms. The highest BCUT2D eigenvalue weighted by molar-refractivity contribution is 8.00. The lowest BCUT2D eigenvalue weighted by molar-refractivity contribution is 0.670. The van der Waals surface area contributed by atoms with Gasteiger partial charge in [0.15, 0.2) is 0 Å². The van der Waals surface area contributed by atoms with Gasteiger partial charge in [-0.3, -0.25) is 0 Å². The Hall–Kier alpha value is 0.310. The predicted molar refractivity (Wildman–Crippen MR) is 44.0 cm³/mol. The third kappa shape index (κ3) is 2.59. The van der Waals surface area contributed by atoms with E-state index in [0.29, 0.717) is 0 Å². The van der Waals surface area contributed by atoms with Crippen molar-refractivity contribution in [1.82, 2.24) is 5.32 Å². The Morgan fingerprint density at radius 3 is 3.11 bits per heavy atom. The van der Waals surface area contributed by atoms with E-state index in [1.165, 1.54) is 31.6 Å². The first-order valence-corrected chi connectivity index (χ1v) is 4.74. The molecule has 0 aromatic carbocycles. The average molecular weight is 145 g/mol. The molecule has 0 saturated carbocycles. The highest BCUT2D eigenvalue weighted by atomic mass is 32.2. The van der Waals surface area contributed by atoms with Crippen molar-refractivity contribution in [3.8, 4) is 0 Å². The number of nitrogens with one attached hydrogen (secondary N) is 1. The lowest BCUT2D eigenvalue weighted by Gasteiger charge is -2.05. The van der Waals surface area contributed by atoms with Gasteiger partial charge in [-0.2, -0.15) is 11.8 Å². The molecule has 1 aliphatic heterocycles. The topological polar surface area (TPSA) is 12.0 Å². The van der Waals surface area contributed by atoms with Crippen molar-refractivity contribution in [2.24, 2.45) is 0 Å². The van der Waals surface area contributed by atoms with Gasteiger partial charge in [-0.25, -0.2) is 0 Å². The molecular weight excluding hydrogens is 130 g/mol. The van der Waals surface area contributed by atoms with Crippen molar-refractivity contribution >= 4 is 11.8 Å². The maximum atomic E-state index is 3.18. The zero-order valence-electron chi connectivity index (χ0n) is 6.02. The zero-order chi connectivity index (χ0) is 6.53. The molecule has 1 fully saturated rings. The van der Waals surface area contributed by atoms with Crippen molar-refractivity contribution in [2.45, 2.75) is 24.5 Å². The molecule has 1 aliphatic rings. The summed E-state index contributed by atoms with van der Waals surface area (Å²) in [5, 5.41) is 4.15. The molecule has 0 aromatic heterocycles. The van der Waals surface area contributed by atoms with Gasteiger partial charge in [-0.1, -0.05) is 0 Å². The molecular formula is C7H15NS. The van der Waals surface area contributed by atoms with Crippen LogP contribution < -0.4 is 5.32 Å². The highest BCUT2D eigenvalue weighted by Crippen LogP contribution is 2.27. The summed E-state index contributed by atoms with van der Waals surface area (Å²) in [6.45, 7) is 1.19. The first-order valence-electron chi connectivity index (χ1n) is 3.69. The minimum Gasteiger partial charge on any atom is -0.320 e. The van der Waals surface area contributed by atoms with E-state index in [1.54, 1.807) is 0 Å². The maximum absolute atomic E-state index is 3.18. The second-order valence-electron chi connectivity index (χ2n) is 2.53. The molecule has 1 saturated heterocycles. The number of thioether (sulfide) groups is 1. The van der Waals surface area contributed by atoms with Crippen LogP contribution in [0, 0.1) is 0 Å². The molecule has 1 nitrogen and oxygen atoms in total. The lowest BCUT2D eigenvalue weighted by Crippen LogP contribution is -2.12. The second kappa shape index (κ2) is 4.18. The fourth-order valence-electron chi connectivity index (χ4n) is 1.18. The zero-order valence-corrected chi connectivity index (χ0v) is 6.84. The quantitative estimate of drug-likeness (QED) is 0.646. The Balaban J connectivity index is 1.98. The van der Waals surface area contributed by atoms with Gasteiger partial charge in [0.1, 0.15) is 0 Å². The van der Waals surface area contributed by atoms with Gasteiger partial charge < -0.3 is 5.32 Å². The fraction of sp³-hybridized carbons (Fsp3) is 1.00. The maximum Gasteiger partial charge on any atom is 0.00594 e. The van der Waals surface area contributed by atoms with E-state index in [4.69, 9.17) is 0 Å². The standard InChI is InChI=1S/C7H15NS/c1-8-5-4-7-3-2-6-9-7/h7-8H,2-6H2,1H3. The third-order valence-corrected chi connectivity index (χ3v) is 3.21. The van der Waals surface area contributed by atoms with Crippen molar-refractivity contribution in [3.05, 3.63) is 0 Å². The van der Waals surface area contributed by atoms with Crippen LogP contribution in [0.2, 0.25) is 0 Å². The minimum atomic E-state index is 0.970. The van der Waals surface area contributed by atoms with Crippen molar-refractivity contribution < 1.29 is 0 Å². The third-order valence-electron chi connectivity index (χ3n) is 1.74. The van der Waals surface area contributed by atoms with E-state index in [1.807, 2.05) is 7.05 Å². The van der Waals surface area contributed by atoms with Crippen LogP contribution in [0.25, 0.3) is 0 Å². The van der Waals surface area contributed by atoms with Gasteiger partial charge in [0.05, 0.1) is 0 Å². The molecule has 9 heavy (non-hydrogen) atoms. The van der Waals surface area contributed by atoms with E-state index in [2.05, 4.69) is 17.1 Å². The number of hydrogen-bond acceptors (Lipinski definition) is 2. The fourth-order valence-corrected chi connectivity index (χ4v) is 2.46. The molecule has 54 valence electrons. The smallest absolute Gasteiger partial charge is 0.00594 e. The highest BCUT2D eigenvalue weighted by Gasteiger charge is 2.13. The average Bonchev–Trinajstić information content (AvgIpc) is 2.34. The summed E-state index contributed by atoms with van der Waals surface area (Å²) >= 11 is 2.14. The molecule has 0 radical (unpaired) electrons. The Morgan fingerprint density at radius 2 is 2.56 bits per heavy atom. The van der Waals surface area contributed by atoms with E-state index >= 15 is 0 Å². The van der Waals surface area contributed by atoms with Gasteiger partial charge in [0, 0.05) is 5.25 Å². The molecule has 0 spiro atoms. The molecule has 1 heterocycles. The van der Waals surface area contributed by atoms with Crippen molar-refractivity contribution in [3.63, 3.8) is 0 Å². The molecule has 0 amide bonds. The van der Waals surface area contributed by atoms with E-state index in [9.17, 15) is 0 Å². The summed E-state index contributed by atoms with van der Waals surface area (Å²) in [6.07, 6.45) is 4.26. The monoisotopic (exact) mass is 145 g/mol. The number of rotatable bonds is 3. The minimum absolute atomic E-state index is 0.970. The van der Waals surface area contributed by atoms with Gasteiger partial charge in [-0.05, 0) is 38.6 Å². The Morgan fingerprint density at radius 1 is 1.67 bits per heavy atom. The van der Waals surface area contributed by atoms with E-state index in [0.717, 1.165) is 5.25 Å². The van der Waals surface area contributed by atoms with Gasteiger partial charge in [-0.15, -0.1) is 0 Å². The first-order chi connectivity index (χ1) is 4.43.